The van der Waals surface area contributed by atoms with Crippen molar-refractivity contribution in [2.45, 2.75) is 6.92 Å². The van der Waals surface area contributed by atoms with Gasteiger partial charge in [0.15, 0.2) is 0 Å². The molecule has 0 aliphatic carbocycles. The van der Waals surface area contributed by atoms with E-state index in [0.29, 0.717) is 0 Å². The number of nitrogens with zero attached hydrogens (tertiary/aromatic N) is 2. The zero-order chi connectivity index (χ0) is 45.1. The highest BCUT2D eigenvalue weighted by Crippen LogP contribution is 2.44. The molecule has 11 rings (SSSR count). The number of allylic oxidation sites excluding steroid dienone is 5. The molecule has 1 aromatic heterocycles. The molecular weight excluding hydrogens is 809 g/mol. The van der Waals surface area contributed by atoms with Crippen LogP contribution in [0.3, 0.4) is 0 Å². The van der Waals surface area contributed by atoms with Gasteiger partial charge in [0.05, 0.1) is 11.0 Å². The molecule has 0 unspecified atom stereocenters. The highest BCUT2D eigenvalue weighted by molar-refractivity contribution is 6.16. The summed E-state index contributed by atoms with van der Waals surface area (Å²) in [4.78, 5) is 2.38. The number of para-hydroxylation sites is 2. The minimum Gasteiger partial charge on any atom is -0.310 e. The van der Waals surface area contributed by atoms with Crippen molar-refractivity contribution in [1.82, 2.24) is 4.57 Å². The zero-order valence-corrected chi connectivity index (χ0v) is 37.4. The van der Waals surface area contributed by atoms with Crippen molar-refractivity contribution in [3.8, 4) is 50.2 Å². The van der Waals surface area contributed by atoms with Gasteiger partial charge in [-0.1, -0.05) is 195 Å². The van der Waals surface area contributed by atoms with Crippen LogP contribution in [0.4, 0.5) is 17.1 Å². The first-order valence-corrected chi connectivity index (χ1v) is 22.9. The zero-order valence-electron chi connectivity index (χ0n) is 37.4. The third kappa shape index (κ3) is 8.07. The molecular formula is C65H48N2. The molecule has 0 aliphatic heterocycles. The molecule has 0 fully saturated rings. The van der Waals surface area contributed by atoms with E-state index in [0.717, 1.165) is 33.9 Å². The second kappa shape index (κ2) is 18.0. The first-order chi connectivity index (χ1) is 33.1. The summed E-state index contributed by atoms with van der Waals surface area (Å²) < 4.78 is 2.41. The van der Waals surface area contributed by atoms with Crippen LogP contribution in [0.5, 0.6) is 0 Å². The predicted octanol–water partition coefficient (Wildman–Crippen LogP) is 18.2. The van der Waals surface area contributed by atoms with Crippen molar-refractivity contribution in [2.24, 2.45) is 0 Å². The fourth-order valence-electron chi connectivity index (χ4n) is 9.50. The summed E-state index contributed by atoms with van der Waals surface area (Å²) in [5.41, 5.74) is 18.5. The Morgan fingerprint density at radius 2 is 0.970 bits per heavy atom. The normalized spacial score (nSPS) is 11.7. The lowest BCUT2D eigenvalue weighted by molar-refractivity contribution is 1.18. The fourth-order valence-corrected chi connectivity index (χ4v) is 9.50. The molecule has 0 spiro atoms. The lowest BCUT2D eigenvalue weighted by atomic mass is 9.94. The second-order valence-corrected chi connectivity index (χ2v) is 17.1. The summed E-state index contributed by atoms with van der Waals surface area (Å²) in [5.74, 6) is 0. The maximum absolute atomic E-state index is 3.90. The maximum atomic E-state index is 3.90. The SMILES string of the molecule is C=C/C=C\C=C(/C)c1cc(-c2cccc(N(c3ccc(-c4ccc(-c5ccccc5)cc4)cc3)c3ccc(-c4ccc5ccccc5c4)cc3)c2)c2c3ccccc3n(-c3ccccc3)c2c1. The minimum atomic E-state index is 1.07. The van der Waals surface area contributed by atoms with Gasteiger partial charge in [0, 0.05) is 33.5 Å². The molecule has 0 radical (unpaired) electrons. The van der Waals surface area contributed by atoms with E-state index in [2.05, 4.69) is 272 Å². The second-order valence-electron chi connectivity index (χ2n) is 17.1. The number of hydrogen-bond donors (Lipinski definition) is 0. The number of rotatable bonds is 11. The molecule has 0 aliphatic rings. The standard InChI is InChI=1S/C65H48N2/c1-3-4-7-17-46(2)56-44-62(65-61-26-14-15-27-63(61)67(64(65)45-56)57-23-10-6-11-24-57)55-22-16-25-60(43-55)66(59-40-36-52(37-41-59)54-33-32-48-20-12-13-21-53(48)42-54)58-38-34-51(35-39-58)50-30-28-49(29-31-50)47-18-8-5-9-19-47/h3-45H,1H2,2H3/b7-4-,46-17+. The molecule has 0 amide bonds. The van der Waals surface area contributed by atoms with E-state index in [-0.39, 0.29) is 0 Å². The van der Waals surface area contributed by atoms with Crippen LogP contribution in [0.25, 0.3) is 88.3 Å². The average molecular weight is 857 g/mol. The summed E-state index contributed by atoms with van der Waals surface area (Å²) in [6.45, 7) is 6.09. The molecule has 1 heterocycles. The number of aromatic nitrogens is 1. The van der Waals surface area contributed by atoms with Crippen LogP contribution >= 0.6 is 0 Å². The van der Waals surface area contributed by atoms with Gasteiger partial charge in [-0.05, 0) is 146 Å². The topological polar surface area (TPSA) is 8.17 Å². The van der Waals surface area contributed by atoms with Crippen molar-refractivity contribution in [2.75, 3.05) is 4.90 Å². The van der Waals surface area contributed by atoms with Gasteiger partial charge in [-0.25, -0.2) is 0 Å². The lowest BCUT2D eigenvalue weighted by Crippen LogP contribution is -2.10. The molecule has 318 valence electrons. The molecule has 0 atom stereocenters. The summed E-state index contributed by atoms with van der Waals surface area (Å²) in [5, 5.41) is 4.92. The Morgan fingerprint density at radius 3 is 1.66 bits per heavy atom. The minimum absolute atomic E-state index is 1.07. The predicted molar refractivity (Wildman–Crippen MR) is 288 cm³/mol. The Kier molecular flexibility index (Phi) is 11.0. The Labute approximate surface area is 393 Å². The number of benzene rings is 10. The first kappa shape index (κ1) is 41.0. The van der Waals surface area contributed by atoms with E-state index in [1.165, 1.54) is 77.1 Å². The van der Waals surface area contributed by atoms with Crippen molar-refractivity contribution >= 4 is 55.2 Å². The molecule has 0 N–H and O–H groups in total. The number of hydrogen-bond acceptors (Lipinski definition) is 1. The molecule has 10 aromatic carbocycles. The highest BCUT2D eigenvalue weighted by Gasteiger charge is 2.20. The van der Waals surface area contributed by atoms with Gasteiger partial charge in [0.2, 0.25) is 0 Å². The van der Waals surface area contributed by atoms with Crippen LogP contribution in [0.2, 0.25) is 0 Å². The summed E-state index contributed by atoms with van der Waals surface area (Å²) in [7, 11) is 0. The lowest BCUT2D eigenvalue weighted by Gasteiger charge is -2.26. The Balaban J connectivity index is 1.06. The van der Waals surface area contributed by atoms with Gasteiger partial charge in [-0.2, -0.15) is 0 Å². The molecule has 2 heteroatoms. The highest BCUT2D eigenvalue weighted by atomic mass is 15.1. The van der Waals surface area contributed by atoms with Crippen LogP contribution in [0.15, 0.2) is 267 Å². The van der Waals surface area contributed by atoms with Gasteiger partial charge in [-0.15, -0.1) is 0 Å². The van der Waals surface area contributed by atoms with E-state index in [1.54, 1.807) is 0 Å². The van der Waals surface area contributed by atoms with Crippen LogP contribution in [-0.4, -0.2) is 4.57 Å². The van der Waals surface area contributed by atoms with Gasteiger partial charge < -0.3 is 9.47 Å². The third-order valence-corrected chi connectivity index (χ3v) is 12.9. The Hall–Kier alpha value is -8.72. The van der Waals surface area contributed by atoms with Crippen LogP contribution in [-0.2, 0) is 0 Å². The van der Waals surface area contributed by atoms with Crippen molar-refractivity contribution < 1.29 is 0 Å². The maximum Gasteiger partial charge on any atom is 0.0553 e. The Bertz CT molecular complexity index is 3610. The molecule has 67 heavy (non-hydrogen) atoms. The quantitative estimate of drug-likeness (QED) is 0.118. The molecule has 0 saturated carbocycles. The van der Waals surface area contributed by atoms with Crippen LogP contribution < -0.4 is 4.90 Å². The first-order valence-electron chi connectivity index (χ1n) is 22.9. The van der Waals surface area contributed by atoms with Crippen LogP contribution in [0, 0.1) is 0 Å². The van der Waals surface area contributed by atoms with E-state index < -0.39 is 0 Å². The third-order valence-electron chi connectivity index (χ3n) is 12.9. The number of anilines is 3. The van der Waals surface area contributed by atoms with E-state index in [4.69, 9.17) is 0 Å². The van der Waals surface area contributed by atoms with Gasteiger partial charge in [0.25, 0.3) is 0 Å². The monoisotopic (exact) mass is 856 g/mol. The molecule has 0 bridgehead atoms. The van der Waals surface area contributed by atoms with Crippen LogP contribution in [0.1, 0.15) is 12.5 Å². The van der Waals surface area contributed by atoms with E-state index in [1.807, 2.05) is 12.2 Å². The van der Waals surface area contributed by atoms with Gasteiger partial charge >= 0.3 is 0 Å². The number of fused-ring (bicyclic) bond motifs is 4. The summed E-state index contributed by atoms with van der Waals surface area (Å²) >= 11 is 0. The van der Waals surface area contributed by atoms with Gasteiger partial charge in [-0.3, -0.25) is 0 Å². The van der Waals surface area contributed by atoms with Crippen molar-refractivity contribution in [3.63, 3.8) is 0 Å². The van der Waals surface area contributed by atoms with Crippen molar-refractivity contribution in [3.05, 3.63) is 273 Å². The Morgan fingerprint density at radius 1 is 0.418 bits per heavy atom. The summed E-state index contributed by atoms with van der Waals surface area (Å²) in [6, 6.07) is 86.0. The molecule has 11 aromatic rings. The fraction of sp³-hybridized carbons (Fsp3) is 0.0154. The van der Waals surface area contributed by atoms with Crippen molar-refractivity contribution in [1.29, 1.82) is 0 Å². The largest absolute Gasteiger partial charge is 0.310 e. The smallest absolute Gasteiger partial charge is 0.0553 e. The van der Waals surface area contributed by atoms with E-state index >= 15 is 0 Å². The van der Waals surface area contributed by atoms with Gasteiger partial charge in [0.1, 0.15) is 0 Å². The molecule has 2 nitrogen and oxygen atoms in total. The molecule has 0 saturated heterocycles. The average Bonchev–Trinajstić information content (AvgIpc) is 3.74. The van der Waals surface area contributed by atoms with E-state index in [9.17, 15) is 0 Å². The summed E-state index contributed by atoms with van der Waals surface area (Å²) in [6.07, 6.45) is 8.03.